The van der Waals surface area contributed by atoms with Gasteiger partial charge in [0.1, 0.15) is 17.5 Å². The zero-order valence-corrected chi connectivity index (χ0v) is 18.8. The van der Waals surface area contributed by atoms with Gasteiger partial charge in [0.25, 0.3) is 11.8 Å². The number of benzene rings is 1. The van der Waals surface area contributed by atoms with Crippen molar-refractivity contribution < 1.29 is 23.8 Å². The smallest absolute Gasteiger partial charge is 0.275 e. The number of carbonyl (C=O) groups excluding carboxylic acids is 2. The number of carbonyl (C=O) groups is 2. The fraction of sp³-hybridized carbons (Fsp3) is 0.409. The number of hydrogen-bond donors (Lipinski definition) is 2. The van der Waals surface area contributed by atoms with E-state index in [1.54, 1.807) is 18.1 Å². The lowest BCUT2D eigenvalue weighted by molar-refractivity contribution is -0.0186. The minimum Gasteiger partial charge on any atom is -0.503 e. The first kappa shape index (κ1) is 23.2. The molecule has 2 aliphatic heterocycles. The topological polar surface area (TPSA) is 104 Å². The molecule has 9 nitrogen and oxygen atoms in total. The van der Waals surface area contributed by atoms with Crippen molar-refractivity contribution in [3.63, 3.8) is 0 Å². The highest BCUT2D eigenvalue weighted by Crippen LogP contribution is 2.28. The molecule has 33 heavy (non-hydrogen) atoms. The Morgan fingerprint density at radius 2 is 2.12 bits per heavy atom. The van der Waals surface area contributed by atoms with E-state index in [4.69, 9.17) is 16.3 Å². The number of hydrogen-bond acceptors (Lipinski definition) is 6. The predicted octanol–water partition coefficient (Wildman–Crippen LogP) is 1.41. The number of nitrogens with one attached hydrogen (secondary N) is 1. The second kappa shape index (κ2) is 9.50. The largest absolute Gasteiger partial charge is 0.503 e. The number of ether oxygens (including phenoxy) is 1. The fourth-order valence-electron chi connectivity index (χ4n) is 4.31. The molecule has 1 unspecified atom stereocenters. The van der Waals surface area contributed by atoms with Crippen LogP contribution in [0.4, 0.5) is 4.39 Å². The van der Waals surface area contributed by atoms with Gasteiger partial charge in [-0.2, -0.15) is 0 Å². The molecule has 1 aromatic carbocycles. The van der Waals surface area contributed by atoms with E-state index in [1.165, 1.54) is 22.9 Å². The summed E-state index contributed by atoms with van der Waals surface area (Å²) < 4.78 is 20.7. The van der Waals surface area contributed by atoms with Crippen molar-refractivity contribution in [1.82, 2.24) is 19.7 Å². The van der Waals surface area contributed by atoms with Crippen LogP contribution in [0.5, 0.6) is 5.75 Å². The lowest BCUT2D eigenvalue weighted by atomic mass is 10.1. The minimum absolute atomic E-state index is 0.0816. The van der Waals surface area contributed by atoms with Crippen LogP contribution in [0.25, 0.3) is 0 Å². The number of rotatable bonds is 6. The van der Waals surface area contributed by atoms with Crippen molar-refractivity contribution in [3.8, 4) is 5.75 Å². The SMILES string of the molecule is COCCN1CCCN2C(=O)c3c(O)c(=O)c(C(=O)NCc4cccc(Cl)c4F)cn3CC12. The molecule has 0 saturated carbocycles. The van der Waals surface area contributed by atoms with Gasteiger partial charge in [-0.25, -0.2) is 4.39 Å². The van der Waals surface area contributed by atoms with Crippen molar-refractivity contribution in [2.45, 2.75) is 25.7 Å². The third kappa shape index (κ3) is 4.33. The van der Waals surface area contributed by atoms with Crippen LogP contribution in [0, 0.1) is 5.82 Å². The van der Waals surface area contributed by atoms with Crippen LogP contribution < -0.4 is 10.7 Å². The van der Waals surface area contributed by atoms with Gasteiger partial charge in [0.2, 0.25) is 5.43 Å². The van der Waals surface area contributed by atoms with Gasteiger partial charge in [-0.05, 0) is 12.5 Å². The minimum atomic E-state index is -0.953. The van der Waals surface area contributed by atoms with E-state index in [0.717, 1.165) is 13.0 Å². The fourth-order valence-corrected chi connectivity index (χ4v) is 4.50. The van der Waals surface area contributed by atoms with Crippen molar-refractivity contribution in [2.24, 2.45) is 0 Å². The molecule has 2 amide bonds. The first-order valence-electron chi connectivity index (χ1n) is 10.5. The van der Waals surface area contributed by atoms with Crippen LogP contribution in [0.1, 0.15) is 32.8 Å². The summed E-state index contributed by atoms with van der Waals surface area (Å²) in [6.07, 6.45) is 1.75. The number of nitrogens with zero attached hydrogens (tertiary/aromatic N) is 3. The van der Waals surface area contributed by atoms with Gasteiger partial charge in [0.15, 0.2) is 11.4 Å². The lowest BCUT2D eigenvalue weighted by Crippen LogP contribution is -2.61. The third-order valence-electron chi connectivity index (χ3n) is 6.00. The Bertz CT molecular complexity index is 1150. The summed E-state index contributed by atoms with van der Waals surface area (Å²) in [7, 11) is 1.60. The second-order valence-electron chi connectivity index (χ2n) is 7.98. The van der Waals surface area contributed by atoms with E-state index in [2.05, 4.69) is 10.2 Å². The molecule has 2 aliphatic rings. The molecule has 4 rings (SSSR count). The highest BCUT2D eigenvalue weighted by atomic mass is 35.5. The van der Waals surface area contributed by atoms with Gasteiger partial charge in [-0.15, -0.1) is 0 Å². The standard InChI is InChI=1S/C22H24ClFN4O5/c1-33-9-8-26-6-3-7-28-16(26)12-27-11-14(19(29)20(30)18(27)22(28)32)21(31)25-10-13-4-2-5-15(23)17(13)24/h2,4-5,11,16,30H,3,6-10,12H2,1H3,(H,25,31). The molecular weight excluding hydrogens is 455 g/mol. The lowest BCUT2D eigenvalue weighted by Gasteiger charge is -2.47. The first-order chi connectivity index (χ1) is 15.8. The Kier molecular flexibility index (Phi) is 6.68. The van der Waals surface area contributed by atoms with Crippen molar-refractivity contribution >= 4 is 23.4 Å². The Hall–Kier alpha value is -2.95. The molecule has 11 heteroatoms. The van der Waals surface area contributed by atoms with Crippen LogP contribution in [0.15, 0.2) is 29.2 Å². The summed E-state index contributed by atoms with van der Waals surface area (Å²) in [5.74, 6) is -2.69. The molecule has 176 valence electrons. The van der Waals surface area contributed by atoms with E-state index in [9.17, 15) is 23.9 Å². The Labute approximate surface area is 194 Å². The molecular formula is C22H24ClFN4O5. The van der Waals surface area contributed by atoms with Crippen molar-refractivity contribution in [2.75, 3.05) is 33.4 Å². The Balaban J connectivity index is 1.62. The Morgan fingerprint density at radius 1 is 1.33 bits per heavy atom. The predicted molar refractivity (Wildman–Crippen MR) is 118 cm³/mol. The highest BCUT2D eigenvalue weighted by Gasteiger charge is 2.40. The molecule has 1 saturated heterocycles. The van der Waals surface area contributed by atoms with Crippen LogP contribution >= 0.6 is 11.6 Å². The summed E-state index contributed by atoms with van der Waals surface area (Å²) in [6.45, 7) is 2.47. The molecule has 0 spiro atoms. The zero-order valence-electron chi connectivity index (χ0n) is 18.0. The third-order valence-corrected chi connectivity index (χ3v) is 6.30. The van der Waals surface area contributed by atoms with Crippen LogP contribution in [-0.4, -0.2) is 70.8 Å². The number of fused-ring (bicyclic) bond motifs is 2. The van der Waals surface area contributed by atoms with Gasteiger partial charge in [0.05, 0.1) is 18.2 Å². The maximum absolute atomic E-state index is 14.1. The maximum atomic E-state index is 14.1. The molecule has 1 fully saturated rings. The van der Waals surface area contributed by atoms with Gasteiger partial charge >= 0.3 is 0 Å². The average Bonchev–Trinajstić information content (AvgIpc) is 2.80. The van der Waals surface area contributed by atoms with Crippen LogP contribution in [0.2, 0.25) is 5.02 Å². The summed E-state index contributed by atoms with van der Waals surface area (Å²) in [5, 5.41) is 12.9. The van der Waals surface area contributed by atoms with Crippen molar-refractivity contribution in [3.05, 3.63) is 62.3 Å². The Morgan fingerprint density at radius 3 is 2.88 bits per heavy atom. The quantitative estimate of drug-likeness (QED) is 0.650. The number of aromatic hydroxyl groups is 1. The molecule has 0 bridgehead atoms. The summed E-state index contributed by atoms with van der Waals surface area (Å²) in [5.41, 5.74) is -1.27. The summed E-state index contributed by atoms with van der Waals surface area (Å²) >= 11 is 5.76. The molecule has 0 aliphatic carbocycles. The molecule has 1 atom stereocenters. The molecule has 0 radical (unpaired) electrons. The number of amides is 2. The first-order valence-corrected chi connectivity index (χ1v) is 10.9. The molecule has 2 aromatic rings. The van der Waals surface area contributed by atoms with E-state index in [0.29, 0.717) is 19.7 Å². The number of pyridine rings is 1. The molecule has 1 aromatic heterocycles. The van der Waals surface area contributed by atoms with Crippen molar-refractivity contribution in [1.29, 1.82) is 0 Å². The number of halogens is 2. The van der Waals surface area contributed by atoms with Gasteiger partial charge < -0.3 is 24.6 Å². The average molecular weight is 479 g/mol. The monoisotopic (exact) mass is 478 g/mol. The van der Waals surface area contributed by atoms with Crippen LogP contribution in [0.3, 0.4) is 0 Å². The van der Waals surface area contributed by atoms with Gasteiger partial charge in [-0.1, -0.05) is 23.7 Å². The number of aromatic nitrogens is 1. The van der Waals surface area contributed by atoms with E-state index in [-0.39, 0.29) is 41.1 Å². The van der Waals surface area contributed by atoms with Gasteiger partial charge in [0, 0.05) is 45.0 Å². The van der Waals surface area contributed by atoms with Crippen LogP contribution in [-0.2, 0) is 17.8 Å². The normalized spacial score (nSPS) is 18.1. The van der Waals surface area contributed by atoms with E-state index in [1.807, 2.05) is 0 Å². The van der Waals surface area contributed by atoms with Gasteiger partial charge in [-0.3, -0.25) is 19.3 Å². The summed E-state index contributed by atoms with van der Waals surface area (Å²) in [6, 6.07) is 4.39. The second-order valence-corrected chi connectivity index (χ2v) is 8.39. The summed E-state index contributed by atoms with van der Waals surface area (Å²) in [4.78, 5) is 42.3. The zero-order chi connectivity index (χ0) is 23.7. The van der Waals surface area contributed by atoms with E-state index >= 15 is 0 Å². The maximum Gasteiger partial charge on any atom is 0.275 e. The molecule has 3 heterocycles. The number of methoxy groups -OCH3 is 1. The molecule has 2 N–H and O–H groups in total. The van der Waals surface area contributed by atoms with E-state index < -0.39 is 28.8 Å². The highest BCUT2D eigenvalue weighted by molar-refractivity contribution is 6.30.